The quantitative estimate of drug-likeness (QED) is 0.446. The Labute approximate surface area is 157 Å². The molecule has 1 heterocycles. The van der Waals surface area contributed by atoms with Crippen LogP contribution in [0, 0.1) is 17.2 Å². The predicted molar refractivity (Wildman–Crippen MR) is 96.7 cm³/mol. The molecule has 1 saturated heterocycles. The number of carbonyl (C=O) groups excluding carboxylic acids is 2. The highest BCUT2D eigenvalue weighted by Gasteiger charge is 2.24. The first kappa shape index (κ1) is 20.0. The Morgan fingerprint density at radius 3 is 2.59 bits per heavy atom. The van der Waals surface area contributed by atoms with Crippen LogP contribution in [-0.4, -0.2) is 47.5 Å². The summed E-state index contributed by atoms with van der Waals surface area (Å²) in [6.07, 6.45) is 2.34. The lowest BCUT2D eigenvalue weighted by Crippen LogP contribution is -2.33. The van der Waals surface area contributed by atoms with Gasteiger partial charge in [0.25, 0.3) is 5.91 Å². The van der Waals surface area contributed by atoms with Gasteiger partial charge in [0.1, 0.15) is 11.6 Å². The summed E-state index contributed by atoms with van der Waals surface area (Å²) in [7, 11) is 0. The monoisotopic (exact) mass is 371 g/mol. The maximum Gasteiger partial charge on any atom is 0.340 e. The van der Waals surface area contributed by atoms with Crippen LogP contribution in [0.4, 0.5) is 5.69 Å². The Bertz CT molecular complexity index is 789. The molecule has 1 aromatic carbocycles. The lowest BCUT2D eigenvalue weighted by Gasteiger charge is -2.29. The molecule has 0 atom stereocenters. The first-order chi connectivity index (χ1) is 13.0. The van der Waals surface area contributed by atoms with Gasteiger partial charge in [0.05, 0.1) is 23.8 Å². The third kappa shape index (κ3) is 5.31. The molecule has 0 radical (unpaired) electrons. The average Bonchev–Trinajstić information content (AvgIpc) is 2.67. The van der Waals surface area contributed by atoms with E-state index >= 15 is 0 Å². The highest BCUT2D eigenvalue weighted by atomic mass is 16.5. The molecule has 1 aliphatic rings. The molecule has 0 saturated carbocycles. The highest BCUT2D eigenvalue weighted by molar-refractivity contribution is 6.09. The SMILES string of the molecule is CCOC(=O)c1ccccc1NC(=O)/C(C#N)=C\N1CCC(C(=O)O)CC1. The largest absolute Gasteiger partial charge is 0.481 e. The van der Waals surface area contributed by atoms with Crippen LogP contribution in [-0.2, 0) is 14.3 Å². The van der Waals surface area contributed by atoms with E-state index in [2.05, 4.69) is 5.32 Å². The average molecular weight is 371 g/mol. The molecule has 0 aromatic heterocycles. The molecule has 1 aromatic rings. The minimum Gasteiger partial charge on any atom is -0.481 e. The van der Waals surface area contributed by atoms with Crippen LogP contribution in [0.15, 0.2) is 36.0 Å². The first-order valence-electron chi connectivity index (χ1n) is 8.62. The van der Waals surface area contributed by atoms with Crippen molar-refractivity contribution in [2.75, 3.05) is 25.0 Å². The number of rotatable bonds is 6. The van der Waals surface area contributed by atoms with Crippen molar-refractivity contribution in [1.82, 2.24) is 4.90 Å². The van der Waals surface area contributed by atoms with Gasteiger partial charge >= 0.3 is 11.9 Å². The summed E-state index contributed by atoms with van der Waals surface area (Å²) < 4.78 is 4.96. The summed E-state index contributed by atoms with van der Waals surface area (Å²) in [4.78, 5) is 37.2. The molecule has 8 nitrogen and oxygen atoms in total. The smallest absolute Gasteiger partial charge is 0.340 e. The molecule has 27 heavy (non-hydrogen) atoms. The number of amides is 1. The van der Waals surface area contributed by atoms with Crippen molar-refractivity contribution in [2.45, 2.75) is 19.8 Å². The van der Waals surface area contributed by atoms with E-state index in [0.29, 0.717) is 25.9 Å². The van der Waals surface area contributed by atoms with Crippen molar-refractivity contribution in [1.29, 1.82) is 5.26 Å². The second kappa shape index (κ2) is 9.38. The summed E-state index contributed by atoms with van der Waals surface area (Å²) in [6.45, 7) is 2.80. The van der Waals surface area contributed by atoms with Crippen molar-refractivity contribution < 1.29 is 24.2 Å². The number of benzene rings is 1. The Hall–Kier alpha value is -3.34. The highest BCUT2D eigenvalue weighted by Crippen LogP contribution is 2.20. The molecule has 1 amide bonds. The van der Waals surface area contributed by atoms with Crippen molar-refractivity contribution in [3.8, 4) is 6.07 Å². The zero-order chi connectivity index (χ0) is 19.8. The molecule has 2 rings (SSSR count). The molecule has 8 heteroatoms. The van der Waals surface area contributed by atoms with Gasteiger partial charge in [0.15, 0.2) is 0 Å². The van der Waals surface area contributed by atoms with Crippen LogP contribution in [0.1, 0.15) is 30.1 Å². The summed E-state index contributed by atoms with van der Waals surface area (Å²) in [6, 6.07) is 8.24. The van der Waals surface area contributed by atoms with E-state index in [1.807, 2.05) is 6.07 Å². The lowest BCUT2D eigenvalue weighted by molar-refractivity contribution is -0.143. The number of nitrogens with one attached hydrogen (secondary N) is 1. The number of hydrogen-bond acceptors (Lipinski definition) is 6. The molecule has 0 spiro atoms. The lowest BCUT2D eigenvalue weighted by atomic mass is 9.97. The van der Waals surface area contributed by atoms with Gasteiger partial charge in [0.2, 0.25) is 0 Å². The fraction of sp³-hybridized carbons (Fsp3) is 0.368. The molecule has 2 N–H and O–H groups in total. The number of ether oxygens (including phenoxy) is 1. The number of hydrogen-bond donors (Lipinski definition) is 2. The van der Waals surface area contributed by atoms with Crippen LogP contribution in [0.2, 0.25) is 0 Å². The van der Waals surface area contributed by atoms with Gasteiger partial charge in [-0.15, -0.1) is 0 Å². The predicted octanol–water partition coefficient (Wildman–Crippen LogP) is 2.01. The standard InChI is InChI=1S/C19H21N3O5/c1-2-27-19(26)15-5-3-4-6-16(15)21-17(23)14(11-20)12-22-9-7-13(8-10-22)18(24)25/h3-6,12-13H,2,7-10H2,1H3,(H,21,23)(H,24,25)/b14-12-. The zero-order valence-electron chi connectivity index (χ0n) is 15.0. The fourth-order valence-electron chi connectivity index (χ4n) is 2.76. The number of carbonyl (C=O) groups is 3. The van der Waals surface area contributed by atoms with E-state index in [4.69, 9.17) is 9.84 Å². The number of carboxylic acids is 1. The molecular formula is C19H21N3O5. The molecule has 142 valence electrons. The van der Waals surface area contributed by atoms with Gasteiger partial charge in [-0.1, -0.05) is 12.1 Å². The van der Waals surface area contributed by atoms with Crippen LogP contribution < -0.4 is 5.32 Å². The number of para-hydroxylation sites is 1. The van der Waals surface area contributed by atoms with Gasteiger partial charge in [-0.2, -0.15) is 5.26 Å². The number of aliphatic carboxylic acids is 1. The fourth-order valence-corrected chi connectivity index (χ4v) is 2.76. The topological polar surface area (TPSA) is 120 Å². The van der Waals surface area contributed by atoms with Gasteiger partial charge in [-0.25, -0.2) is 4.79 Å². The van der Waals surface area contributed by atoms with Crippen molar-refractivity contribution >= 4 is 23.5 Å². The maximum atomic E-state index is 12.4. The third-order valence-electron chi connectivity index (χ3n) is 4.23. The summed E-state index contributed by atoms with van der Waals surface area (Å²) in [5.74, 6) is -2.43. The van der Waals surface area contributed by atoms with E-state index in [-0.39, 0.29) is 23.4 Å². The van der Waals surface area contributed by atoms with E-state index in [9.17, 15) is 19.6 Å². The number of piperidine rings is 1. The number of esters is 1. The van der Waals surface area contributed by atoms with Gasteiger partial charge in [-0.05, 0) is 31.9 Å². The maximum absolute atomic E-state index is 12.4. The number of likely N-dealkylation sites (tertiary alicyclic amines) is 1. The normalized spacial score (nSPS) is 15.0. The van der Waals surface area contributed by atoms with E-state index in [1.54, 1.807) is 30.0 Å². The third-order valence-corrected chi connectivity index (χ3v) is 4.23. The number of nitriles is 1. The van der Waals surface area contributed by atoms with Crippen molar-refractivity contribution in [3.63, 3.8) is 0 Å². The Balaban J connectivity index is 2.09. The van der Waals surface area contributed by atoms with Crippen LogP contribution in [0.25, 0.3) is 0 Å². The zero-order valence-corrected chi connectivity index (χ0v) is 15.0. The van der Waals surface area contributed by atoms with Gasteiger partial charge in [0, 0.05) is 19.3 Å². The van der Waals surface area contributed by atoms with Crippen LogP contribution in [0.3, 0.4) is 0 Å². The van der Waals surface area contributed by atoms with Crippen molar-refractivity contribution in [3.05, 3.63) is 41.6 Å². The second-order valence-electron chi connectivity index (χ2n) is 6.02. The summed E-state index contributed by atoms with van der Waals surface area (Å²) >= 11 is 0. The summed E-state index contributed by atoms with van der Waals surface area (Å²) in [5, 5.41) is 20.9. The van der Waals surface area contributed by atoms with Crippen LogP contribution >= 0.6 is 0 Å². The number of anilines is 1. The molecule has 0 bridgehead atoms. The molecule has 1 aliphatic heterocycles. The van der Waals surface area contributed by atoms with Gasteiger partial charge < -0.3 is 20.1 Å². The molecule has 1 fully saturated rings. The minimum atomic E-state index is -0.826. The molecule has 0 unspecified atom stereocenters. The molecule has 0 aliphatic carbocycles. The first-order valence-corrected chi connectivity index (χ1v) is 8.62. The second-order valence-corrected chi connectivity index (χ2v) is 6.02. The van der Waals surface area contributed by atoms with E-state index < -0.39 is 23.8 Å². The molecular weight excluding hydrogens is 350 g/mol. The Kier molecular flexibility index (Phi) is 6.94. The Morgan fingerprint density at radius 2 is 2.00 bits per heavy atom. The number of nitrogens with zero attached hydrogens (tertiary/aromatic N) is 2. The van der Waals surface area contributed by atoms with Crippen molar-refractivity contribution in [2.24, 2.45) is 5.92 Å². The van der Waals surface area contributed by atoms with E-state index in [1.165, 1.54) is 12.3 Å². The van der Waals surface area contributed by atoms with Crippen LogP contribution in [0.5, 0.6) is 0 Å². The summed E-state index contributed by atoms with van der Waals surface area (Å²) in [5.41, 5.74) is 0.335. The minimum absolute atomic E-state index is 0.123. The number of carboxylic acid groups (broad SMARTS) is 1. The van der Waals surface area contributed by atoms with E-state index in [0.717, 1.165) is 0 Å². The van der Waals surface area contributed by atoms with Gasteiger partial charge in [-0.3, -0.25) is 9.59 Å². The Morgan fingerprint density at radius 1 is 1.33 bits per heavy atom.